The highest BCUT2D eigenvalue weighted by atomic mass is 32.2. The van der Waals surface area contributed by atoms with E-state index in [-0.39, 0.29) is 10.9 Å². The van der Waals surface area contributed by atoms with Crippen molar-refractivity contribution in [2.24, 2.45) is 17.6 Å². The first-order valence-electron chi connectivity index (χ1n) is 7.65. The number of sulfonamides is 1. The quantitative estimate of drug-likeness (QED) is 0.829. The van der Waals surface area contributed by atoms with E-state index in [2.05, 4.69) is 23.7 Å². The molecule has 3 N–H and O–H groups in total. The summed E-state index contributed by atoms with van der Waals surface area (Å²) in [5.41, 5.74) is 5.45. The van der Waals surface area contributed by atoms with E-state index in [1.54, 1.807) is 10.9 Å². The Bertz CT molecular complexity index is 545. The summed E-state index contributed by atoms with van der Waals surface area (Å²) in [6, 6.07) is 0.0288. The molecule has 6 nitrogen and oxygen atoms in total. The Hall–Kier alpha value is -0.920. The van der Waals surface area contributed by atoms with E-state index in [4.69, 9.17) is 5.73 Å². The highest BCUT2D eigenvalue weighted by molar-refractivity contribution is 7.89. The summed E-state index contributed by atoms with van der Waals surface area (Å²) in [5, 5.41) is 4.08. The van der Waals surface area contributed by atoms with E-state index in [0.29, 0.717) is 24.9 Å². The molecule has 1 aliphatic carbocycles. The third kappa shape index (κ3) is 4.52. The maximum absolute atomic E-state index is 12.4. The molecule has 2 unspecified atom stereocenters. The molecule has 1 aromatic heterocycles. The van der Waals surface area contributed by atoms with Gasteiger partial charge in [0.05, 0.1) is 6.20 Å². The minimum Gasteiger partial charge on any atom is -0.330 e. The number of hydrogen-bond donors (Lipinski definition) is 2. The first-order valence-corrected chi connectivity index (χ1v) is 9.14. The molecule has 0 bridgehead atoms. The Morgan fingerprint density at radius 3 is 2.62 bits per heavy atom. The minimum atomic E-state index is -3.48. The Balaban J connectivity index is 2.02. The van der Waals surface area contributed by atoms with Crippen LogP contribution < -0.4 is 10.5 Å². The Morgan fingerprint density at radius 2 is 2.00 bits per heavy atom. The monoisotopic (exact) mass is 314 g/mol. The fourth-order valence-corrected chi connectivity index (χ4v) is 4.40. The largest absolute Gasteiger partial charge is 0.330 e. The van der Waals surface area contributed by atoms with Crippen LogP contribution in [0.1, 0.15) is 39.5 Å². The summed E-state index contributed by atoms with van der Waals surface area (Å²) in [6.07, 6.45) is 6.76. The van der Waals surface area contributed by atoms with E-state index in [1.807, 2.05) is 0 Å². The summed E-state index contributed by atoms with van der Waals surface area (Å²) in [5.74, 6) is 1.13. The maximum atomic E-state index is 12.4. The van der Waals surface area contributed by atoms with Crippen LogP contribution in [0.4, 0.5) is 0 Å². The van der Waals surface area contributed by atoms with Crippen molar-refractivity contribution in [1.82, 2.24) is 14.5 Å². The molecular weight excluding hydrogens is 288 g/mol. The van der Waals surface area contributed by atoms with Crippen LogP contribution in [0.25, 0.3) is 0 Å². The normalized spacial score (nSPS) is 26.9. The molecule has 0 radical (unpaired) electrons. The minimum absolute atomic E-state index is 0.0288. The molecule has 0 aromatic carbocycles. The van der Waals surface area contributed by atoms with Gasteiger partial charge < -0.3 is 5.73 Å². The van der Waals surface area contributed by atoms with E-state index < -0.39 is 10.0 Å². The van der Waals surface area contributed by atoms with Gasteiger partial charge in [0.2, 0.25) is 10.0 Å². The molecule has 1 fully saturated rings. The Kier molecular flexibility index (Phi) is 5.40. The van der Waals surface area contributed by atoms with Crippen LogP contribution in [0, 0.1) is 11.8 Å². The van der Waals surface area contributed by atoms with Gasteiger partial charge in [0, 0.05) is 18.8 Å². The van der Waals surface area contributed by atoms with Crippen molar-refractivity contribution >= 4 is 10.0 Å². The molecule has 1 saturated carbocycles. The summed E-state index contributed by atoms with van der Waals surface area (Å²) in [7, 11) is -3.48. The van der Waals surface area contributed by atoms with E-state index in [9.17, 15) is 8.42 Å². The molecule has 1 heterocycles. The molecular formula is C14H26N4O2S. The molecule has 0 amide bonds. The van der Waals surface area contributed by atoms with Crippen LogP contribution in [-0.4, -0.2) is 30.8 Å². The van der Waals surface area contributed by atoms with Crippen LogP contribution in [0.2, 0.25) is 0 Å². The lowest BCUT2D eigenvalue weighted by molar-refractivity contribution is 0.257. The first-order chi connectivity index (χ1) is 9.90. The topological polar surface area (TPSA) is 90.0 Å². The molecule has 7 heteroatoms. The van der Waals surface area contributed by atoms with Gasteiger partial charge >= 0.3 is 0 Å². The molecule has 21 heavy (non-hydrogen) atoms. The van der Waals surface area contributed by atoms with Gasteiger partial charge in [-0.3, -0.25) is 4.68 Å². The zero-order valence-corrected chi connectivity index (χ0v) is 13.6. The summed E-state index contributed by atoms with van der Waals surface area (Å²) < 4.78 is 29.3. The zero-order chi connectivity index (χ0) is 15.5. The second kappa shape index (κ2) is 6.89. The molecule has 120 valence electrons. The molecule has 2 rings (SSSR count). The van der Waals surface area contributed by atoms with Gasteiger partial charge in [-0.05, 0) is 44.1 Å². The number of hydrogen-bond acceptors (Lipinski definition) is 4. The van der Waals surface area contributed by atoms with Crippen molar-refractivity contribution in [3.05, 3.63) is 12.4 Å². The van der Waals surface area contributed by atoms with E-state index in [1.165, 1.54) is 12.6 Å². The van der Waals surface area contributed by atoms with Gasteiger partial charge in [-0.2, -0.15) is 5.10 Å². The molecule has 0 spiro atoms. The van der Waals surface area contributed by atoms with Crippen LogP contribution in [-0.2, 0) is 16.6 Å². The Labute approximate surface area is 127 Å². The van der Waals surface area contributed by atoms with Crippen molar-refractivity contribution in [2.45, 2.75) is 57.0 Å². The fraction of sp³-hybridized carbons (Fsp3) is 0.786. The number of nitrogens with one attached hydrogen (secondary N) is 1. The standard InChI is InChI=1S/C14H26N4O2S/c1-11-6-12(2)8-13(7-11)17-21(19,20)14-9-16-18(10-14)5-3-4-15/h9-13,17H,3-8,15H2,1-2H3. The highest BCUT2D eigenvalue weighted by Gasteiger charge is 2.28. The third-order valence-electron chi connectivity index (χ3n) is 4.01. The lowest BCUT2D eigenvalue weighted by Gasteiger charge is -2.31. The average Bonchev–Trinajstić information content (AvgIpc) is 2.84. The molecule has 1 aliphatic rings. The third-order valence-corrected chi connectivity index (χ3v) is 5.49. The van der Waals surface area contributed by atoms with Gasteiger partial charge in [0.15, 0.2) is 0 Å². The highest BCUT2D eigenvalue weighted by Crippen LogP contribution is 2.29. The van der Waals surface area contributed by atoms with Crippen LogP contribution >= 0.6 is 0 Å². The smallest absolute Gasteiger partial charge is 0.243 e. The SMILES string of the molecule is CC1CC(C)CC(NS(=O)(=O)c2cnn(CCCN)c2)C1. The summed E-state index contributed by atoms with van der Waals surface area (Å²) in [4.78, 5) is 0.241. The Morgan fingerprint density at radius 1 is 1.33 bits per heavy atom. The zero-order valence-electron chi connectivity index (χ0n) is 12.8. The van der Waals surface area contributed by atoms with Crippen LogP contribution in [0.15, 0.2) is 17.3 Å². The predicted octanol–water partition coefficient (Wildman–Crippen LogP) is 1.33. The second-order valence-electron chi connectivity index (χ2n) is 6.32. The number of aryl methyl sites for hydroxylation is 1. The van der Waals surface area contributed by atoms with Crippen molar-refractivity contribution in [3.8, 4) is 0 Å². The van der Waals surface area contributed by atoms with Crippen molar-refractivity contribution in [1.29, 1.82) is 0 Å². The molecule has 0 saturated heterocycles. The molecule has 1 aromatic rings. The summed E-state index contributed by atoms with van der Waals surface area (Å²) >= 11 is 0. The van der Waals surface area contributed by atoms with Crippen LogP contribution in [0.5, 0.6) is 0 Å². The predicted molar refractivity (Wildman–Crippen MR) is 82.2 cm³/mol. The number of aromatic nitrogens is 2. The first kappa shape index (κ1) is 16.5. The second-order valence-corrected chi connectivity index (χ2v) is 8.03. The molecule has 2 atom stereocenters. The van der Waals surface area contributed by atoms with E-state index in [0.717, 1.165) is 19.3 Å². The number of rotatable bonds is 6. The van der Waals surface area contributed by atoms with Gasteiger partial charge in [-0.25, -0.2) is 13.1 Å². The van der Waals surface area contributed by atoms with Gasteiger partial charge in [-0.1, -0.05) is 13.8 Å². The lowest BCUT2D eigenvalue weighted by Crippen LogP contribution is -2.39. The summed E-state index contributed by atoms with van der Waals surface area (Å²) in [6.45, 7) is 5.57. The van der Waals surface area contributed by atoms with Gasteiger partial charge in [-0.15, -0.1) is 0 Å². The molecule has 0 aliphatic heterocycles. The fourth-order valence-electron chi connectivity index (χ4n) is 3.19. The van der Waals surface area contributed by atoms with Crippen molar-refractivity contribution in [3.63, 3.8) is 0 Å². The maximum Gasteiger partial charge on any atom is 0.243 e. The average molecular weight is 314 g/mol. The lowest BCUT2D eigenvalue weighted by atomic mass is 9.81. The number of nitrogens with two attached hydrogens (primary N) is 1. The van der Waals surface area contributed by atoms with Crippen molar-refractivity contribution < 1.29 is 8.42 Å². The van der Waals surface area contributed by atoms with Gasteiger partial charge in [0.25, 0.3) is 0 Å². The van der Waals surface area contributed by atoms with Crippen LogP contribution in [0.3, 0.4) is 0 Å². The van der Waals surface area contributed by atoms with E-state index >= 15 is 0 Å². The number of nitrogens with zero attached hydrogens (tertiary/aromatic N) is 2. The van der Waals surface area contributed by atoms with Gasteiger partial charge in [0.1, 0.15) is 4.90 Å². The van der Waals surface area contributed by atoms with Crippen molar-refractivity contribution in [2.75, 3.05) is 6.54 Å².